The number of carboxylic acids is 1. The molecule has 0 unspecified atom stereocenters. The van der Waals surface area contributed by atoms with Crippen LogP contribution in [-0.4, -0.2) is 17.7 Å². The molecule has 1 rings (SSSR count). The van der Waals surface area contributed by atoms with Crippen molar-refractivity contribution in [2.24, 2.45) is 5.41 Å². The molecule has 0 aliphatic carbocycles. The monoisotopic (exact) mass is 320 g/mol. The second kappa shape index (κ2) is 5.74. The van der Waals surface area contributed by atoms with Crippen molar-refractivity contribution in [1.82, 2.24) is 0 Å². The van der Waals surface area contributed by atoms with Gasteiger partial charge in [-0.1, -0.05) is 25.4 Å². The van der Waals surface area contributed by atoms with Crippen LogP contribution in [0, 0.1) is 5.41 Å². The van der Waals surface area contributed by atoms with E-state index in [-0.39, 0.29) is 6.42 Å². The van der Waals surface area contributed by atoms with Gasteiger partial charge in [-0.2, -0.15) is 0 Å². The maximum atomic E-state index is 10.6. The summed E-state index contributed by atoms with van der Waals surface area (Å²) in [5, 5.41) is 9.31. The van der Waals surface area contributed by atoms with Crippen LogP contribution in [0.5, 0.6) is 5.75 Å². The Balaban J connectivity index is 2.60. The van der Waals surface area contributed by atoms with E-state index in [1.165, 1.54) is 0 Å². The molecular formula is C12H14BrClO3. The standard InChI is InChI=1S/C12H14BrClO3/c1-12(2,6-11(15)16)7-17-8-3-4-9(13)10(14)5-8/h3-5H,6-7H2,1-2H3,(H,15,16). The molecule has 1 aromatic carbocycles. The Hall–Kier alpha value is -0.740. The SMILES string of the molecule is CC(C)(COc1ccc(Br)c(Cl)c1)CC(=O)O. The lowest BCUT2D eigenvalue weighted by Crippen LogP contribution is -2.24. The van der Waals surface area contributed by atoms with E-state index in [2.05, 4.69) is 15.9 Å². The number of carbonyl (C=O) groups is 1. The molecule has 0 radical (unpaired) electrons. The lowest BCUT2D eigenvalue weighted by molar-refractivity contribution is -0.139. The molecule has 3 nitrogen and oxygen atoms in total. The molecule has 0 bridgehead atoms. The number of hydrogen-bond donors (Lipinski definition) is 1. The topological polar surface area (TPSA) is 46.5 Å². The first-order chi connectivity index (χ1) is 7.80. The van der Waals surface area contributed by atoms with Crippen LogP contribution >= 0.6 is 27.5 Å². The maximum absolute atomic E-state index is 10.6. The molecule has 0 aliphatic heterocycles. The van der Waals surface area contributed by atoms with Crippen molar-refractivity contribution in [3.63, 3.8) is 0 Å². The van der Waals surface area contributed by atoms with E-state index in [0.717, 1.165) is 4.47 Å². The number of rotatable bonds is 5. The van der Waals surface area contributed by atoms with Gasteiger partial charge in [0, 0.05) is 9.89 Å². The number of hydrogen-bond acceptors (Lipinski definition) is 2. The summed E-state index contributed by atoms with van der Waals surface area (Å²) in [6.45, 7) is 4.03. The fourth-order valence-electron chi connectivity index (χ4n) is 1.31. The van der Waals surface area contributed by atoms with Gasteiger partial charge in [0.2, 0.25) is 0 Å². The Kier molecular flexibility index (Phi) is 4.83. The summed E-state index contributed by atoms with van der Waals surface area (Å²) in [6.07, 6.45) is 0.0667. The van der Waals surface area contributed by atoms with E-state index in [1.807, 2.05) is 13.8 Å². The first kappa shape index (κ1) is 14.3. The molecule has 0 aromatic heterocycles. The third-order valence-electron chi connectivity index (χ3n) is 2.15. The number of aliphatic carboxylic acids is 1. The zero-order valence-corrected chi connectivity index (χ0v) is 12.0. The van der Waals surface area contributed by atoms with E-state index < -0.39 is 11.4 Å². The molecule has 17 heavy (non-hydrogen) atoms. The van der Waals surface area contributed by atoms with Gasteiger partial charge in [0.1, 0.15) is 5.75 Å². The van der Waals surface area contributed by atoms with Crippen molar-refractivity contribution < 1.29 is 14.6 Å². The second-order valence-corrected chi connectivity index (χ2v) is 5.86. The highest BCUT2D eigenvalue weighted by Crippen LogP contribution is 2.28. The van der Waals surface area contributed by atoms with Crippen LogP contribution in [0.4, 0.5) is 0 Å². The summed E-state index contributed by atoms with van der Waals surface area (Å²) in [5.74, 6) is -0.191. The van der Waals surface area contributed by atoms with Gasteiger partial charge < -0.3 is 9.84 Å². The summed E-state index contributed by atoms with van der Waals surface area (Å²) < 4.78 is 6.34. The van der Waals surface area contributed by atoms with Crippen LogP contribution in [0.25, 0.3) is 0 Å². The van der Waals surface area contributed by atoms with E-state index in [0.29, 0.717) is 17.4 Å². The van der Waals surface area contributed by atoms with Crippen molar-refractivity contribution in [3.05, 3.63) is 27.7 Å². The van der Waals surface area contributed by atoms with E-state index >= 15 is 0 Å². The minimum atomic E-state index is -0.826. The molecule has 1 N–H and O–H groups in total. The van der Waals surface area contributed by atoms with Gasteiger partial charge in [-0.25, -0.2) is 0 Å². The molecule has 0 amide bonds. The Bertz CT molecular complexity index is 418. The average Bonchev–Trinajstić information content (AvgIpc) is 2.18. The van der Waals surface area contributed by atoms with Gasteiger partial charge in [-0.15, -0.1) is 0 Å². The fraction of sp³-hybridized carbons (Fsp3) is 0.417. The van der Waals surface area contributed by atoms with Crippen LogP contribution in [0.2, 0.25) is 5.02 Å². The number of halogens is 2. The van der Waals surface area contributed by atoms with E-state index in [1.54, 1.807) is 18.2 Å². The molecule has 0 spiro atoms. The number of benzene rings is 1. The summed E-state index contributed by atoms with van der Waals surface area (Å²) in [7, 11) is 0. The molecule has 0 aliphatic rings. The molecule has 94 valence electrons. The summed E-state index contributed by atoms with van der Waals surface area (Å²) in [4.78, 5) is 10.6. The van der Waals surface area contributed by atoms with Crippen LogP contribution < -0.4 is 4.74 Å². The largest absolute Gasteiger partial charge is 0.493 e. The predicted octanol–water partition coefficient (Wildman–Crippen LogP) is 3.98. The highest BCUT2D eigenvalue weighted by atomic mass is 79.9. The fourth-order valence-corrected chi connectivity index (χ4v) is 1.72. The minimum Gasteiger partial charge on any atom is -0.493 e. The van der Waals surface area contributed by atoms with Gasteiger partial charge in [0.15, 0.2) is 0 Å². The van der Waals surface area contributed by atoms with Crippen molar-refractivity contribution in [2.45, 2.75) is 20.3 Å². The van der Waals surface area contributed by atoms with Gasteiger partial charge in [0.25, 0.3) is 0 Å². The summed E-state index contributed by atoms with van der Waals surface area (Å²) >= 11 is 9.21. The second-order valence-electron chi connectivity index (χ2n) is 4.60. The molecule has 1 aromatic rings. The van der Waals surface area contributed by atoms with Gasteiger partial charge >= 0.3 is 5.97 Å². The quantitative estimate of drug-likeness (QED) is 0.892. The number of ether oxygens (including phenoxy) is 1. The third-order valence-corrected chi connectivity index (χ3v) is 3.38. The van der Waals surface area contributed by atoms with Crippen molar-refractivity contribution in [2.75, 3.05) is 6.61 Å². The Morgan fingerprint density at radius 2 is 2.18 bits per heavy atom. The molecule has 5 heteroatoms. The van der Waals surface area contributed by atoms with E-state index in [9.17, 15) is 4.79 Å². The Morgan fingerprint density at radius 3 is 2.71 bits per heavy atom. The predicted molar refractivity (Wildman–Crippen MR) is 70.7 cm³/mol. The molecule has 0 atom stereocenters. The van der Waals surface area contributed by atoms with Crippen LogP contribution in [0.1, 0.15) is 20.3 Å². The molecular weight excluding hydrogens is 307 g/mol. The van der Waals surface area contributed by atoms with Gasteiger partial charge in [-0.3, -0.25) is 4.79 Å². The number of carboxylic acid groups (broad SMARTS) is 1. The molecule has 0 saturated carbocycles. The van der Waals surface area contributed by atoms with E-state index in [4.69, 9.17) is 21.4 Å². The molecule has 0 heterocycles. The van der Waals surface area contributed by atoms with Crippen LogP contribution in [-0.2, 0) is 4.79 Å². The van der Waals surface area contributed by atoms with Crippen LogP contribution in [0.3, 0.4) is 0 Å². The highest BCUT2D eigenvalue weighted by molar-refractivity contribution is 9.10. The first-order valence-corrected chi connectivity index (χ1v) is 6.27. The normalized spacial score (nSPS) is 11.3. The highest BCUT2D eigenvalue weighted by Gasteiger charge is 2.22. The lowest BCUT2D eigenvalue weighted by atomic mass is 9.91. The van der Waals surface area contributed by atoms with Crippen molar-refractivity contribution in [3.8, 4) is 5.75 Å². The average molecular weight is 322 g/mol. The Morgan fingerprint density at radius 1 is 1.53 bits per heavy atom. The third kappa shape index (κ3) is 4.96. The van der Waals surface area contributed by atoms with Gasteiger partial charge in [0.05, 0.1) is 18.1 Å². The Labute approximate surface area is 114 Å². The summed E-state index contributed by atoms with van der Waals surface area (Å²) in [5.41, 5.74) is -0.411. The van der Waals surface area contributed by atoms with Crippen molar-refractivity contribution in [1.29, 1.82) is 0 Å². The minimum absolute atomic E-state index is 0.0667. The molecule has 0 saturated heterocycles. The zero-order valence-electron chi connectivity index (χ0n) is 9.67. The zero-order chi connectivity index (χ0) is 13.1. The van der Waals surface area contributed by atoms with Crippen molar-refractivity contribution >= 4 is 33.5 Å². The lowest BCUT2D eigenvalue weighted by Gasteiger charge is -2.22. The first-order valence-electron chi connectivity index (χ1n) is 5.10. The molecule has 0 fully saturated rings. The maximum Gasteiger partial charge on any atom is 0.304 e. The van der Waals surface area contributed by atoms with Gasteiger partial charge in [-0.05, 0) is 34.1 Å². The smallest absolute Gasteiger partial charge is 0.304 e. The summed E-state index contributed by atoms with van der Waals surface area (Å²) in [6, 6.07) is 5.27. The van der Waals surface area contributed by atoms with Crippen LogP contribution in [0.15, 0.2) is 22.7 Å².